The number of nitrogens with zero attached hydrogens (tertiary/aromatic N) is 1. The number of hydrogen-bond donors (Lipinski definition) is 2. The molecular weight excluding hydrogens is 220 g/mol. The molecule has 0 aliphatic carbocycles. The van der Waals surface area contributed by atoms with Gasteiger partial charge < -0.3 is 15.6 Å². The van der Waals surface area contributed by atoms with Crippen molar-refractivity contribution in [2.24, 2.45) is 5.92 Å². The molecule has 0 fully saturated rings. The smallest absolute Gasteiger partial charge is 0.317 e. The second kappa shape index (κ2) is 6.20. The second-order valence-corrected chi connectivity index (χ2v) is 4.06. The van der Waals surface area contributed by atoms with Crippen LogP contribution in [0.5, 0.6) is 0 Å². The van der Waals surface area contributed by atoms with Crippen LogP contribution in [0.15, 0.2) is 24.4 Å². The third kappa shape index (κ3) is 3.42. The highest BCUT2D eigenvalue weighted by atomic mass is 16.5. The molecule has 2 N–H and O–H groups in total. The lowest BCUT2D eigenvalue weighted by molar-refractivity contribution is -0.607. The van der Waals surface area contributed by atoms with E-state index >= 15 is 0 Å². The van der Waals surface area contributed by atoms with E-state index in [2.05, 4.69) is 5.32 Å². The van der Waals surface area contributed by atoms with Gasteiger partial charge in [0.1, 0.15) is 0 Å². The minimum absolute atomic E-state index is 0.0363. The van der Waals surface area contributed by atoms with Crippen molar-refractivity contribution in [3.63, 3.8) is 0 Å². The first-order valence-electron chi connectivity index (χ1n) is 5.70. The summed E-state index contributed by atoms with van der Waals surface area (Å²) in [6.45, 7) is 3.79. The van der Waals surface area contributed by atoms with Crippen molar-refractivity contribution >= 4 is 5.91 Å². The van der Waals surface area contributed by atoms with Gasteiger partial charge in [0.05, 0.1) is 12.6 Å². The fourth-order valence-corrected chi connectivity index (χ4v) is 1.50. The molecule has 0 aromatic carbocycles. The van der Waals surface area contributed by atoms with Crippen LogP contribution in [0.3, 0.4) is 0 Å². The van der Waals surface area contributed by atoms with E-state index in [-0.39, 0.29) is 24.3 Å². The van der Waals surface area contributed by atoms with Crippen molar-refractivity contribution < 1.29 is 14.6 Å². The Labute approximate surface area is 101 Å². The molecule has 1 rings (SSSR count). The average molecular weight is 238 g/mol. The van der Waals surface area contributed by atoms with Crippen molar-refractivity contribution in [1.82, 2.24) is 5.32 Å². The lowest BCUT2D eigenvalue weighted by atomic mass is 10.00. The minimum atomic E-state index is -0.458. The van der Waals surface area contributed by atoms with Crippen molar-refractivity contribution in [2.75, 3.05) is 6.61 Å². The van der Waals surface area contributed by atoms with E-state index < -0.39 is 5.91 Å². The van der Waals surface area contributed by atoms with Crippen LogP contribution in [-0.2, 0) is 0 Å². The van der Waals surface area contributed by atoms with Crippen LogP contribution in [0.1, 0.15) is 30.8 Å². The zero-order valence-corrected chi connectivity index (χ0v) is 10.1. The van der Waals surface area contributed by atoms with Gasteiger partial charge >= 0.3 is 5.91 Å². The largest absolute Gasteiger partial charge is 0.618 e. The van der Waals surface area contributed by atoms with Crippen LogP contribution < -0.4 is 10.0 Å². The third-order valence-corrected chi connectivity index (χ3v) is 2.90. The van der Waals surface area contributed by atoms with E-state index in [0.29, 0.717) is 4.73 Å². The number of aromatic nitrogens is 1. The van der Waals surface area contributed by atoms with Crippen LogP contribution in [0.2, 0.25) is 0 Å². The molecule has 5 nitrogen and oxygen atoms in total. The number of nitrogens with one attached hydrogen (secondary N) is 1. The van der Waals surface area contributed by atoms with Gasteiger partial charge in [-0.1, -0.05) is 20.3 Å². The summed E-state index contributed by atoms with van der Waals surface area (Å²) in [5.41, 5.74) is 0.0363. The van der Waals surface area contributed by atoms with Gasteiger partial charge in [-0.3, -0.25) is 4.79 Å². The predicted octanol–water partition coefficient (Wildman–Crippen LogP) is 0.457. The summed E-state index contributed by atoms with van der Waals surface area (Å²) < 4.78 is 0.514. The fourth-order valence-electron chi connectivity index (χ4n) is 1.50. The van der Waals surface area contributed by atoms with Crippen LogP contribution in [-0.4, -0.2) is 23.7 Å². The second-order valence-electron chi connectivity index (χ2n) is 4.06. The molecule has 94 valence electrons. The first kappa shape index (κ1) is 13.4. The number of carbonyl (C=O) groups is 1. The summed E-state index contributed by atoms with van der Waals surface area (Å²) in [5.74, 6) is -0.298. The van der Waals surface area contributed by atoms with E-state index in [1.54, 1.807) is 12.1 Å². The molecule has 2 atom stereocenters. The zero-order chi connectivity index (χ0) is 12.8. The van der Waals surface area contributed by atoms with E-state index in [1.165, 1.54) is 12.3 Å². The van der Waals surface area contributed by atoms with Gasteiger partial charge in [0.25, 0.3) is 5.69 Å². The normalized spacial score (nSPS) is 14.1. The quantitative estimate of drug-likeness (QED) is 0.578. The first-order valence-corrected chi connectivity index (χ1v) is 5.70. The monoisotopic (exact) mass is 238 g/mol. The van der Waals surface area contributed by atoms with Crippen LogP contribution >= 0.6 is 0 Å². The SMILES string of the molecule is CC[C@H](C)[C@@H](CO)NC(=O)c1cccc[n+]1[O-]. The van der Waals surface area contributed by atoms with Gasteiger partial charge in [0.2, 0.25) is 0 Å². The van der Waals surface area contributed by atoms with E-state index in [1.807, 2.05) is 13.8 Å². The molecule has 0 unspecified atom stereocenters. The van der Waals surface area contributed by atoms with E-state index in [9.17, 15) is 15.1 Å². The highest BCUT2D eigenvalue weighted by molar-refractivity contribution is 5.91. The first-order chi connectivity index (χ1) is 8.10. The molecule has 1 aromatic rings. The molecule has 1 heterocycles. The van der Waals surface area contributed by atoms with E-state index in [0.717, 1.165) is 6.42 Å². The molecule has 0 aliphatic rings. The molecule has 5 heteroatoms. The standard InChI is InChI=1S/C12H18N2O3/c1-3-9(2)10(8-15)13-12(16)11-6-4-5-7-14(11)17/h4-7,9-10,15H,3,8H2,1-2H3,(H,13,16)/t9-,10+/m0/s1. The van der Waals surface area contributed by atoms with Gasteiger partial charge in [0, 0.05) is 12.1 Å². The summed E-state index contributed by atoms with van der Waals surface area (Å²) in [6, 6.07) is 4.31. The van der Waals surface area contributed by atoms with Crippen molar-refractivity contribution in [3.8, 4) is 0 Å². The Morgan fingerprint density at radius 2 is 2.29 bits per heavy atom. The number of rotatable bonds is 5. The average Bonchev–Trinajstić information content (AvgIpc) is 2.35. The predicted molar refractivity (Wildman–Crippen MR) is 63.2 cm³/mol. The highest BCUT2D eigenvalue weighted by Gasteiger charge is 2.22. The number of hydrogen-bond acceptors (Lipinski definition) is 3. The Kier molecular flexibility index (Phi) is 4.90. The summed E-state index contributed by atoms with van der Waals surface area (Å²) in [7, 11) is 0. The maximum atomic E-state index is 11.8. The van der Waals surface area contributed by atoms with Gasteiger partial charge in [-0.05, 0) is 12.0 Å². The molecule has 1 aromatic heterocycles. The molecule has 0 aliphatic heterocycles. The maximum Gasteiger partial charge on any atom is 0.317 e. The fraction of sp³-hybridized carbons (Fsp3) is 0.500. The van der Waals surface area contributed by atoms with Gasteiger partial charge in [-0.2, -0.15) is 4.73 Å². The molecule has 0 radical (unpaired) electrons. The molecule has 0 spiro atoms. The summed E-state index contributed by atoms with van der Waals surface area (Å²) >= 11 is 0. The number of aliphatic hydroxyl groups excluding tert-OH is 1. The minimum Gasteiger partial charge on any atom is -0.618 e. The number of carbonyl (C=O) groups excluding carboxylic acids is 1. The third-order valence-electron chi connectivity index (χ3n) is 2.90. The number of pyridine rings is 1. The highest BCUT2D eigenvalue weighted by Crippen LogP contribution is 2.07. The lowest BCUT2D eigenvalue weighted by Crippen LogP contribution is -2.46. The van der Waals surface area contributed by atoms with Crippen molar-refractivity contribution in [2.45, 2.75) is 26.3 Å². The lowest BCUT2D eigenvalue weighted by Gasteiger charge is -2.21. The van der Waals surface area contributed by atoms with Gasteiger partial charge in [-0.15, -0.1) is 0 Å². The van der Waals surface area contributed by atoms with Crippen molar-refractivity contribution in [3.05, 3.63) is 35.3 Å². The molecular formula is C12H18N2O3. The van der Waals surface area contributed by atoms with Crippen molar-refractivity contribution in [1.29, 1.82) is 0 Å². The molecule has 0 bridgehead atoms. The number of aliphatic hydroxyl groups is 1. The Bertz CT molecular complexity index is 382. The topological polar surface area (TPSA) is 76.3 Å². The zero-order valence-electron chi connectivity index (χ0n) is 10.1. The number of amides is 1. The van der Waals surface area contributed by atoms with Gasteiger partial charge in [-0.25, -0.2) is 0 Å². The molecule has 0 saturated carbocycles. The Balaban J connectivity index is 2.75. The Hall–Kier alpha value is -1.62. The molecule has 17 heavy (non-hydrogen) atoms. The molecule has 0 saturated heterocycles. The van der Waals surface area contributed by atoms with Gasteiger partial charge in [0.15, 0.2) is 6.20 Å². The molecule has 1 amide bonds. The summed E-state index contributed by atoms with van der Waals surface area (Å²) in [5, 5.41) is 23.2. The van der Waals surface area contributed by atoms with Crippen LogP contribution in [0.25, 0.3) is 0 Å². The van der Waals surface area contributed by atoms with Crippen LogP contribution in [0.4, 0.5) is 0 Å². The van der Waals surface area contributed by atoms with E-state index in [4.69, 9.17) is 0 Å². The Morgan fingerprint density at radius 1 is 1.59 bits per heavy atom. The Morgan fingerprint density at radius 3 is 2.82 bits per heavy atom. The van der Waals surface area contributed by atoms with Crippen LogP contribution in [0, 0.1) is 11.1 Å². The maximum absolute atomic E-state index is 11.8. The summed E-state index contributed by atoms with van der Waals surface area (Å²) in [4.78, 5) is 11.8. The summed E-state index contributed by atoms with van der Waals surface area (Å²) in [6.07, 6.45) is 2.11.